The van der Waals surface area contributed by atoms with E-state index in [1.54, 1.807) is 6.07 Å². The van der Waals surface area contributed by atoms with Crippen LogP contribution in [0.5, 0.6) is 11.5 Å². The molecule has 0 bridgehead atoms. The maximum Gasteiger partial charge on any atom is 0.161 e. The first-order valence-corrected chi connectivity index (χ1v) is 14.0. The molecular formula is C30H46O4. The molecule has 0 aromatic heterocycles. The number of aryl methyl sites for hydroxylation is 1. The third-order valence-corrected chi connectivity index (χ3v) is 9.16. The Hall–Kier alpha value is -1.55. The number of ketones is 1. The van der Waals surface area contributed by atoms with E-state index in [4.69, 9.17) is 4.74 Å². The van der Waals surface area contributed by atoms with Gasteiger partial charge < -0.3 is 14.9 Å². The molecule has 2 atom stereocenters. The van der Waals surface area contributed by atoms with E-state index in [1.807, 2.05) is 12.1 Å². The molecular weight excluding hydrogens is 424 g/mol. The third kappa shape index (κ3) is 6.99. The van der Waals surface area contributed by atoms with Crippen molar-refractivity contribution < 1.29 is 19.7 Å². The van der Waals surface area contributed by atoms with Gasteiger partial charge in [0.05, 0.1) is 12.2 Å². The highest BCUT2D eigenvalue weighted by atomic mass is 16.5. The lowest BCUT2D eigenvalue weighted by Gasteiger charge is -2.38. The van der Waals surface area contributed by atoms with Crippen molar-refractivity contribution in [1.29, 1.82) is 0 Å². The van der Waals surface area contributed by atoms with Crippen LogP contribution >= 0.6 is 0 Å². The Labute approximate surface area is 206 Å². The van der Waals surface area contributed by atoms with Crippen LogP contribution in [-0.4, -0.2) is 28.2 Å². The Bertz CT molecular complexity index is 804. The number of carbonyl (C=O) groups excluding carboxylic acids is 1. The van der Waals surface area contributed by atoms with E-state index in [2.05, 4.69) is 6.92 Å². The number of benzene rings is 1. The van der Waals surface area contributed by atoms with Gasteiger partial charge in [-0.2, -0.15) is 0 Å². The number of aromatic hydroxyl groups is 1. The van der Waals surface area contributed by atoms with E-state index in [1.165, 1.54) is 64.2 Å². The van der Waals surface area contributed by atoms with Crippen molar-refractivity contribution in [2.45, 2.75) is 135 Å². The molecule has 0 heterocycles. The summed E-state index contributed by atoms with van der Waals surface area (Å²) in [7, 11) is 0. The molecule has 4 nitrogen and oxygen atoms in total. The number of aliphatic hydroxyl groups is 1. The molecule has 3 aliphatic carbocycles. The maximum absolute atomic E-state index is 12.5. The first kappa shape index (κ1) is 25.5. The summed E-state index contributed by atoms with van der Waals surface area (Å²) >= 11 is 0. The van der Waals surface area contributed by atoms with Crippen molar-refractivity contribution in [2.75, 3.05) is 0 Å². The van der Waals surface area contributed by atoms with Gasteiger partial charge in [0.15, 0.2) is 11.5 Å². The molecule has 2 unspecified atom stereocenters. The highest BCUT2D eigenvalue weighted by Crippen LogP contribution is 2.50. The Morgan fingerprint density at radius 1 is 1.09 bits per heavy atom. The first-order chi connectivity index (χ1) is 16.3. The summed E-state index contributed by atoms with van der Waals surface area (Å²) in [5, 5.41) is 20.7. The molecule has 34 heavy (non-hydrogen) atoms. The topological polar surface area (TPSA) is 66.8 Å². The van der Waals surface area contributed by atoms with E-state index < -0.39 is 6.10 Å². The molecule has 4 rings (SSSR count). The molecule has 0 aliphatic heterocycles. The standard InChI is InChI=1S/C30H46O4/c1-29(14-2-3-15-29)16-6-8-24(31)21-25(32)12-10-23-11-13-27(33)28(20-23)34-26-9-7-19-30(22-26)17-4-5-18-30/h11,13,20,24,26,31,33H,2-10,12,14-19,21-22H2,1H3. The van der Waals surface area contributed by atoms with Gasteiger partial charge >= 0.3 is 0 Å². The van der Waals surface area contributed by atoms with Crippen LogP contribution in [0.3, 0.4) is 0 Å². The van der Waals surface area contributed by atoms with Crippen LogP contribution in [0.15, 0.2) is 18.2 Å². The van der Waals surface area contributed by atoms with E-state index in [9.17, 15) is 15.0 Å². The largest absolute Gasteiger partial charge is 0.504 e. The van der Waals surface area contributed by atoms with Crippen LogP contribution in [0.1, 0.15) is 122 Å². The SMILES string of the molecule is CC1(CCCC(O)CC(=O)CCc2ccc(O)c(OC3CCCC4(CCCC4)C3)c2)CCCC1. The first-order valence-electron chi connectivity index (χ1n) is 14.0. The van der Waals surface area contributed by atoms with Crippen molar-refractivity contribution in [3.8, 4) is 11.5 Å². The van der Waals surface area contributed by atoms with Crippen molar-refractivity contribution in [1.82, 2.24) is 0 Å². The second kappa shape index (κ2) is 11.5. The molecule has 0 amide bonds. The summed E-state index contributed by atoms with van der Waals surface area (Å²) in [6.07, 6.45) is 19.2. The van der Waals surface area contributed by atoms with Gasteiger partial charge in [-0.25, -0.2) is 0 Å². The number of carbonyl (C=O) groups is 1. The Morgan fingerprint density at radius 3 is 2.56 bits per heavy atom. The predicted octanol–water partition coefficient (Wildman–Crippen LogP) is 7.28. The molecule has 3 fully saturated rings. The van der Waals surface area contributed by atoms with Gasteiger partial charge in [0.25, 0.3) is 0 Å². The molecule has 1 aromatic rings. The van der Waals surface area contributed by atoms with E-state index >= 15 is 0 Å². The lowest BCUT2D eigenvalue weighted by molar-refractivity contribution is -0.121. The lowest BCUT2D eigenvalue weighted by atomic mass is 9.72. The smallest absolute Gasteiger partial charge is 0.161 e. The maximum atomic E-state index is 12.5. The molecule has 1 spiro atoms. The number of Topliss-reactive ketones (excluding diaryl/α,β-unsaturated/α-hetero) is 1. The van der Waals surface area contributed by atoms with Crippen LogP contribution in [-0.2, 0) is 11.2 Å². The summed E-state index contributed by atoms with van der Waals surface area (Å²) in [4.78, 5) is 12.5. The highest BCUT2D eigenvalue weighted by molar-refractivity contribution is 5.79. The molecule has 190 valence electrons. The van der Waals surface area contributed by atoms with Gasteiger partial charge in [-0.05, 0) is 99.2 Å². The van der Waals surface area contributed by atoms with Crippen LogP contribution in [0, 0.1) is 10.8 Å². The van der Waals surface area contributed by atoms with Crippen molar-refractivity contribution in [3.63, 3.8) is 0 Å². The fourth-order valence-corrected chi connectivity index (χ4v) is 7.05. The molecule has 3 saturated carbocycles. The third-order valence-electron chi connectivity index (χ3n) is 9.16. The number of phenols is 1. The van der Waals surface area contributed by atoms with E-state index in [0.29, 0.717) is 29.4 Å². The number of phenolic OH excluding ortho intramolecular Hbond substituents is 1. The fourth-order valence-electron chi connectivity index (χ4n) is 7.05. The minimum atomic E-state index is -0.523. The van der Waals surface area contributed by atoms with Crippen LogP contribution < -0.4 is 4.74 Å². The number of ether oxygens (including phenoxy) is 1. The van der Waals surface area contributed by atoms with Gasteiger partial charge in [-0.1, -0.05) is 45.1 Å². The zero-order valence-corrected chi connectivity index (χ0v) is 21.3. The summed E-state index contributed by atoms with van der Waals surface area (Å²) in [6.45, 7) is 2.37. The number of hydrogen-bond acceptors (Lipinski definition) is 4. The van der Waals surface area contributed by atoms with Crippen LogP contribution in [0.4, 0.5) is 0 Å². The van der Waals surface area contributed by atoms with Crippen molar-refractivity contribution >= 4 is 5.78 Å². The number of rotatable bonds is 11. The quantitative estimate of drug-likeness (QED) is 0.357. The molecule has 0 radical (unpaired) electrons. The van der Waals surface area contributed by atoms with E-state index in [-0.39, 0.29) is 24.1 Å². The fraction of sp³-hybridized carbons (Fsp3) is 0.767. The Kier molecular flexibility index (Phi) is 8.61. The van der Waals surface area contributed by atoms with E-state index in [0.717, 1.165) is 37.7 Å². The molecule has 3 aliphatic rings. The summed E-state index contributed by atoms with van der Waals surface area (Å²) in [5.74, 6) is 0.864. The molecule has 2 N–H and O–H groups in total. The summed E-state index contributed by atoms with van der Waals surface area (Å²) < 4.78 is 6.30. The van der Waals surface area contributed by atoms with Gasteiger partial charge in [0, 0.05) is 12.8 Å². The molecule has 1 aromatic carbocycles. The zero-order valence-electron chi connectivity index (χ0n) is 21.3. The summed E-state index contributed by atoms with van der Waals surface area (Å²) in [6, 6.07) is 5.49. The second-order valence-corrected chi connectivity index (χ2v) is 12.2. The number of aliphatic hydroxyl groups excluding tert-OH is 1. The monoisotopic (exact) mass is 470 g/mol. The van der Waals surface area contributed by atoms with Crippen molar-refractivity contribution in [3.05, 3.63) is 23.8 Å². The average molecular weight is 471 g/mol. The van der Waals surface area contributed by atoms with Gasteiger partial charge in [-0.15, -0.1) is 0 Å². The van der Waals surface area contributed by atoms with Crippen LogP contribution in [0.2, 0.25) is 0 Å². The van der Waals surface area contributed by atoms with Crippen molar-refractivity contribution in [2.24, 2.45) is 10.8 Å². The van der Waals surface area contributed by atoms with Crippen LogP contribution in [0.25, 0.3) is 0 Å². The molecule has 4 heteroatoms. The summed E-state index contributed by atoms with van der Waals surface area (Å²) in [5.41, 5.74) is 1.94. The zero-order chi connectivity index (χ0) is 24.0. The minimum Gasteiger partial charge on any atom is -0.504 e. The normalized spacial score (nSPS) is 24.4. The lowest BCUT2D eigenvalue weighted by Crippen LogP contribution is -2.32. The highest BCUT2D eigenvalue weighted by Gasteiger charge is 2.39. The minimum absolute atomic E-state index is 0.116. The second-order valence-electron chi connectivity index (χ2n) is 12.2. The Balaban J connectivity index is 1.21. The molecule has 0 saturated heterocycles. The Morgan fingerprint density at radius 2 is 1.79 bits per heavy atom. The van der Waals surface area contributed by atoms with Gasteiger partial charge in [-0.3, -0.25) is 4.79 Å². The number of hydrogen-bond donors (Lipinski definition) is 2. The van der Waals surface area contributed by atoms with Gasteiger partial charge in [0.2, 0.25) is 0 Å². The average Bonchev–Trinajstić information content (AvgIpc) is 3.43. The predicted molar refractivity (Wildman–Crippen MR) is 136 cm³/mol. The van der Waals surface area contributed by atoms with Gasteiger partial charge in [0.1, 0.15) is 5.78 Å².